The first-order valence-corrected chi connectivity index (χ1v) is 12.2. The van der Waals surface area contributed by atoms with Crippen LogP contribution in [0.15, 0.2) is 73.6 Å². The highest BCUT2D eigenvalue weighted by molar-refractivity contribution is 7.91. The molecule has 7 nitrogen and oxygen atoms in total. The standard InChI is InChI=1S/C26H24O7S/c1-14(2)13-18-22(27)25(30)24(29)21-23(28)20(15(3)33-26(18)21)17-11-7-8-12-19(17)34(31,32)16-9-5-4-6-10-16/h4-12,14,27,29-30H,13H2,1-3H3. The molecule has 0 atom stereocenters. The van der Waals surface area contributed by atoms with Crippen molar-refractivity contribution in [2.75, 3.05) is 0 Å². The van der Waals surface area contributed by atoms with Gasteiger partial charge in [0, 0.05) is 11.1 Å². The van der Waals surface area contributed by atoms with Crippen LogP contribution < -0.4 is 5.43 Å². The molecule has 1 aromatic heterocycles. The number of sulfone groups is 1. The van der Waals surface area contributed by atoms with Crippen LogP contribution in [0.1, 0.15) is 25.2 Å². The minimum atomic E-state index is -3.99. The summed E-state index contributed by atoms with van der Waals surface area (Å²) in [5.74, 6) is -2.04. The lowest BCUT2D eigenvalue weighted by molar-refractivity contribution is 0.365. The van der Waals surface area contributed by atoms with Crippen molar-refractivity contribution in [3.63, 3.8) is 0 Å². The fourth-order valence-electron chi connectivity index (χ4n) is 4.10. The van der Waals surface area contributed by atoms with Gasteiger partial charge in [-0.15, -0.1) is 0 Å². The number of rotatable bonds is 5. The first kappa shape index (κ1) is 23.4. The highest BCUT2D eigenvalue weighted by Gasteiger charge is 2.29. The summed E-state index contributed by atoms with van der Waals surface area (Å²) in [6.07, 6.45) is 0.275. The molecule has 0 unspecified atom stereocenters. The zero-order valence-corrected chi connectivity index (χ0v) is 19.7. The first-order valence-electron chi connectivity index (χ1n) is 10.7. The fourth-order valence-corrected chi connectivity index (χ4v) is 5.58. The van der Waals surface area contributed by atoms with E-state index < -0.39 is 32.5 Å². The Morgan fingerprint density at radius 3 is 2.15 bits per heavy atom. The molecule has 0 aliphatic carbocycles. The van der Waals surface area contributed by atoms with Crippen LogP contribution in [-0.2, 0) is 16.3 Å². The molecular weight excluding hydrogens is 456 g/mol. The summed E-state index contributed by atoms with van der Waals surface area (Å²) in [5, 5.41) is 31.0. The van der Waals surface area contributed by atoms with Crippen LogP contribution in [-0.4, -0.2) is 23.7 Å². The molecule has 0 bridgehead atoms. The maximum atomic E-state index is 13.7. The normalized spacial score (nSPS) is 11.9. The van der Waals surface area contributed by atoms with Gasteiger partial charge >= 0.3 is 0 Å². The molecule has 1 heterocycles. The van der Waals surface area contributed by atoms with E-state index in [2.05, 4.69) is 0 Å². The molecule has 4 aromatic rings. The highest BCUT2D eigenvalue weighted by atomic mass is 32.2. The third-order valence-corrected chi connectivity index (χ3v) is 7.47. The minimum Gasteiger partial charge on any atom is -0.504 e. The summed E-state index contributed by atoms with van der Waals surface area (Å²) in [7, 11) is -3.99. The third kappa shape index (κ3) is 3.70. The topological polar surface area (TPSA) is 125 Å². The third-order valence-electron chi connectivity index (χ3n) is 5.65. The minimum absolute atomic E-state index is 0.0417. The van der Waals surface area contributed by atoms with E-state index in [1.807, 2.05) is 13.8 Å². The van der Waals surface area contributed by atoms with Crippen molar-refractivity contribution in [3.05, 3.63) is 76.1 Å². The molecule has 0 aliphatic rings. The van der Waals surface area contributed by atoms with E-state index in [1.165, 1.54) is 31.2 Å². The number of aryl methyl sites for hydroxylation is 1. The van der Waals surface area contributed by atoms with Gasteiger partial charge in [0.15, 0.2) is 11.5 Å². The number of phenols is 3. The largest absolute Gasteiger partial charge is 0.504 e. The average molecular weight is 481 g/mol. The van der Waals surface area contributed by atoms with Crippen LogP contribution >= 0.6 is 0 Å². The summed E-state index contributed by atoms with van der Waals surface area (Å²) >= 11 is 0. The van der Waals surface area contributed by atoms with E-state index >= 15 is 0 Å². The van der Waals surface area contributed by atoms with E-state index in [0.717, 1.165) is 0 Å². The number of hydrogen-bond donors (Lipinski definition) is 3. The van der Waals surface area contributed by atoms with Crippen molar-refractivity contribution in [3.8, 4) is 28.4 Å². The molecule has 0 radical (unpaired) electrons. The second-order valence-electron chi connectivity index (χ2n) is 8.50. The maximum absolute atomic E-state index is 13.7. The SMILES string of the molecule is Cc1oc2c(CC(C)C)c(O)c(O)c(O)c2c(=O)c1-c1ccccc1S(=O)(=O)c1ccccc1. The van der Waals surface area contributed by atoms with Crippen LogP contribution in [0.2, 0.25) is 0 Å². The lowest BCUT2D eigenvalue weighted by Crippen LogP contribution is -2.12. The Morgan fingerprint density at radius 1 is 0.882 bits per heavy atom. The molecule has 0 saturated heterocycles. The van der Waals surface area contributed by atoms with E-state index in [9.17, 15) is 28.5 Å². The van der Waals surface area contributed by atoms with Crippen LogP contribution in [0.4, 0.5) is 0 Å². The highest BCUT2D eigenvalue weighted by Crippen LogP contribution is 2.45. The maximum Gasteiger partial charge on any atom is 0.207 e. The van der Waals surface area contributed by atoms with Crippen molar-refractivity contribution >= 4 is 20.8 Å². The number of phenolic OH excluding ortho intramolecular Hbond substituents is 3. The van der Waals surface area contributed by atoms with Crippen LogP contribution in [0.3, 0.4) is 0 Å². The molecule has 4 rings (SSSR count). The molecule has 176 valence electrons. The molecule has 3 aromatic carbocycles. The Labute approximate surface area is 196 Å². The number of benzene rings is 3. The van der Waals surface area contributed by atoms with E-state index in [1.54, 1.807) is 30.3 Å². The predicted octanol–water partition coefficient (Wildman–Crippen LogP) is 4.92. The van der Waals surface area contributed by atoms with Gasteiger partial charge in [0.1, 0.15) is 16.7 Å². The molecule has 0 spiro atoms. The average Bonchev–Trinajstić information content (AvgIpc) is 2.81. The Bertz CT molecular complexity index is 1570. The second kappa shape index (κ2) is 8.53. The van der Waals surface area contributed by atoms with E-state index in [-0.39, 0.29) is 55.5 Å². The van der Waals surface area contributed by atoms with Gasteiger partial charge < -0.3 is 19.7 Å². The van der Waals surface area contributed by atoms with Crippen LogP contribution in [0.25, 0.3) is 22.1 Å². The van der Waals surface area contributed by atoms with Crippen molar-refractivity contribution in [1.82, 2.24) is 0 Å². The molecular formula is C26H24O7S. The van der Waals surface area contributed by atoms with Crippen molar-refractivity contribution in [2.24, 2.45) is 5.92 Å². The van der Waals surface area contributed by atoms with Crippen LogP contribution in [0.5, 0.6) is 17.2 Å². The monoisotopic (exact) mass is 480 g/mol. The lowest BCUT2D eigenvalue weighted by atomic mass is 9.96. The summed E-state index contributed by atoms with van der Waals surface area (Å²) in [6.45, 7) is 5.29. The number of hydrogen-bond acceptors (Lipinski definition) is 7. The van der Waals surface area contributed by atoms with Crippen molar-refractivity contribution in [2.45, 2.75) is 37.0 Å². The molecule has 0 fully saturated rings. The van der Waals surface area contributed by atoms with Crippen LogP contribution in [0, 0.1) is 12.8 Å². The Hall–Kier alpha value is -3.78. The molecule has 34 heavy (non-hydrogen) atoms. The molecule has 0 saturated carbocycles. The second-order valence-corrected chi connectivity index (χ2v) is 10.4. The van der Waals surface area contributed by atoms with Crippen molar-refractivity contribution in [1.29, 1.82) is 0 Å². The van der Waals surface area contributed by atoms with Gasteiger partial charge in [0.2, 0.25) is 21.0 Å². The van der Waals surface area contributed by atoms with Gasteiger partial charge in [-0.3, -0.25) is 4.79 Å². The quantitative estimate of drug-likeness (QED) is 0.346. The van der Waals surface area contributed by atoms with E-state index in [0.29, 0.717) is 0 Å². The molecule has 0 amide bonds. The van der Waals surface area contributed by atoms with Gasteiger partial charge in [0.05, 0.1) is 15.4 Å². The van der Waals surface area contributed by atoms with Gasteiger partial charge in [-0.25, -0.2) is 8.42 Å². The van der Waals surface area contributed by atoms with Crippen molar-refractivity contribution < 1.29 is 28.2 Å². The zero-order valence-electron chi connectivity index (χ0n) is 18.9. The Kier molecular flexibility index (Phi) is 5.87. The number of aromatic hydroxyl groups is 3. The Morgan fingerprint density at radius 2 is 1.50 bits per heavy atom. The fraction of sp³-hybridized carbons (Fsp3) is 0.192. The zero-order chi connectivity index (χ0) is 24.8. The summed E-state index contributed by atoms with van der Waals surface area (Å²) in [6, 6.07) is 13.9. The smallest absolute Gasteiger partial charge is 0.207 e. The lowest BCUT2D eigenvalue weighted by Gasteiger charge is -2.16. The Balaban J connectivity index is 2.09. The summed E-state index contributed by atoms with van der Waals surface area (Å²) in [5.41, 5.74) is -0.518. The van der Waals surface area contributed by atoms with Gasteiger partial charge in [0.25, 0.3) is 0 Å². The first-order chi connectivity index (χ1) is 16.1. The molecule has 3 N–H and O–H groups in total. The summed E-state index contributed by atoms with van der Waals surface area (Å²) in [4.78, 5) is 13.6. The van der Waals surface area contributed by atoms with Gasteiger partial charge in [-0.1, -0.05) is 50.2 Å². The molecule has 8 heteroatoms. The predicted molar refractivity (Wildman–Crippen MR) is 128 cm³/mol. The molecule has 0 aliphatic heterocycles. The summed E-state index contributed by atoms with van der Waals surface area (Å²) < 4.78 is 32.7. The van der Waals surface area contributed by atoms with Gasteiger partial charge in [-0.2, -0.15) is 0 Å². The van der Waals surface area contributed by atoms with E-state index in [4.69, 9.17) is 4.42 Å². The number of fused-ring (bicyclic) bond motifs is 1. The van der Waals surface area contributed by atoms with Gasteiger partial charge in [-0.05, 0) is 37.5 Å².